The van der Waals surface area contributed by atoms with Crippen molar-refractivity contribution in [3.63, 3.8) is 0 Å². The molecule has 0 amide bonds. The maximum atomic E-state index is 11.6. The second kappa shape index (κ2) is 8.32. The van der Waals surface area contributed by atoms with E-state index in [0.29, 0.717) is 18.0 Å². The number of rotatable bonds is 8. The smallest absolute Gasteiger partial charge is 0.175 e. The summed E-state index contributed by atoms with van der Waals surface area (Å²) < 4.78 is 23.3. The molecule has 0 aromatic heterocycles. The highest BCUT2D eigenvalue weighted by atomic mass is 32.2. The predicted octanol–water partition coefficient (Wildman–Crippen LogP) is 3.37. The molecule has 0 bridgehead atoms. The third-order valence-corrected chi connectivity index (χ3v) is 4.29. The van der Waals surface area contributed by atoms with Crippen LogP contribution >= 0.6 is 0 Å². The molecule has 0 aliphatic rings. The van der Waals surface area contributed by atoms with E-state index in [-0.39, 0.29) is 0 Å². The molecule has 0 fully saturated rings. The van der Waals surface area contributed by atoms with Crippen LogP contribution < -0.4 is 0 Å². The van der Waals surface area contributed by atoms with Gasteiger partial charge >= 0.3 is 0 Å². The number of hydroxylamine groups is 2. The first-order chi connectivity index (χ1) is 9.88. The largest absolute Gasteiger partial charge is 0.314 e. The number of hydrogen-bond donors (Lipinski definition) is 1. The van der Waals surface area contributed by atoms with Crippen LogP contribution in [0.1, 0.15) is 38.7 Å². The number of hydrogen-bond acceptors (Lipinski definition) is 4. The molecule has 21 heavy (non-hydrogen) atoms. The van der Waals surface area contributed by atoms with Crippen LogP contribution in [0.2, 0.25) is 0 Å². The summed E-state index contributed by atoms with van der Waals surface area (Å²) in [6.07, 6.45) is 5.89. The maximum absolute atomic E-state index is 11.6. The Morgan fingerprint density at radius 3 is 2.57 bits per heavy atom. The molecule has 118 valence electrons. The zero-order valence-electron chi connectivity index (χ0n) is 13.0. The minimum Gasteiger partial charge on any atom is -0.314 e. The van der Waals surface area contributed by atoms with E-state index in [4.69, 9.17) is 0 Å². The summed E-state index contributed by atoms with van der Waals surface area (Å²) >= 11 is 0. The van der Waals surface area contributed by atoms with Crippen molar-refractivity contribution in [1.29, 1.82) is 0 Å². The van der Waals surface area contributed by atoms with Crippen molar-refractivity contribution in [2.45, 2.75) is 38.0 Å². The van der Waals surface area contributed by atoms with Crippen LogP contribution in [0.3, 0.4) is 0 Å². The lowest BCUT2D eigenvalue weighted by Crippen LogP contribution is -2.20. The third kappa shape index (κ3) is 5.99. The summed E-state index contributed by atoms with van der Waals surface area (Å²) in [6.45, 7) is 5.16. The molecule has 0 unspecified atom stereocenters. The van der Waals surface area contributed by atoms with Gasteiger partial charge in [-0.2, -0.15) is 5.06 Å². The Bertz CT molecular complexity index is 579. The van der Waals surface area contributed by atoms with E-state index in [9.17, 15) is 13.6 Å². The molecule has 0 aliphatic carbocycles. The first kappa shape index (κ1) is 17.9. The van der Waals surface area contributed by atoms with Gasteiger partial charge in [0.05, 0.1) is 4.90 Å². The Balaban J connectivity index is 3.03. The molecular formula is C16H25NO3S. The van der Waals surface area contributed by atoms with Crippen molar-refractivity contribution in [2.75, 3.05) is 19.3 Å². The minimum atomic E-state index is -3.20. The van der Waals surface area contributed by atoms with Crippen LogP contribution in [0.4, 0.5) is 0 Å². The normalized spacial score (nSPS) is 12.9. The fourth-order valence-corrected chi connectivity index (χ4v) is 2.79. The summed E-state index contributed by atoms with van der Waals surface area (Å²) in [5, 5.41) is 11.0. The van der Waals surface area contributed by atoms with Crippen molar-refractivity contribution in [3.05, 3.63) is 35.9 Å². The maximum Gasteiger partial charge on any atom is 0.175 e. The van der Waals surface area contributed by atoms with Crippen LogP contribution in [-0.4, -0.2) is 38.0 Å². The van der Waals surface area contributed by atoms with E-state index in [1.54, 1.807) is 18.2 Å². The fraction of sp³-hybridized carbons (Fsp3) is 0.500. The Hall–Kier alpha value is -1.17. The molecule has 1 aromatic rings. The molecule has 1 rings (SSSR count). The van der Waals surface area contributed by atoms with Gasteiger partial charge in [0.2, 0.25) is 0 Å². The summed E-state index contributed by atoms with van der Waals surface area (Å²) in [5.41, 5.74) is 1.97. The summed E-state index contributed by atoms with van der Waals surface area (Å²) in [7, 11) is -3.20. The Labute approximate surface area is 128 Å². The van der Waals surface area contributed by atoms with E-state index >= 15 is 0 Å². The second-order valence-corrected chi connectivity index (χ2v) is 7.21. The summed E-state index contributed by atoms with van der Waals surface area (Å²) in [5.74, 6) is 0. The standard InChI is InChI=1S/C16H25NO3S/c1-4-7-14(10-12-17(18)11-5-2)15-8-6-9-16(13-15)21(3,19)20/h6,8-10,13,18H,4-5,7,11-12H2,1-3H3/b14-10+. The zero-order valence-corrected chi connectivity index (χ0v) is 13.9. The van der Waals surface area contributed by atoms with Gasteiger partial charge in [0.15, 0.2) is 9.84 Å². The quantitative estimate of drug-likeness (QED) is 0.748. The minimum absolute atomic E-state index is 0.330. The average Bonchev–Trinajstić information content (AvgIpc) is 2.43. The molecule has 1 aromatic carbocycles. The van der Waals surface area contributed by atoms with Gasteiger partial charge in [0, 0.05) is 19.3 Å². The molecule has 0 spiro atoms. The molecule has 5 heteroatoms. The second-order valence-electron chi connectivity index (χ2n) is 5.19. The Kier molecular flexibility index (Phi) is 7.08. The summed E-state index contributed by atoms with van der Waals surface area (Å²) in [4.78, 5) is 0.330. The van der Waals surface area contributed by atoms with E-state index in [1.807, 2.05) is 19.1 Å². The molecule has 0 atom stereocenters. The average molecular weight is 311 g/mol. The van der Waals surface area contributed by atoms with Crippen molar-refractivity contribution in [2.24, 2.45) is 0 Å². The number of allylic oxidation sites excluding steroid dienone is 1. The van der Waals surface area contributed by atoms with Gasteiger partial charge in [0.1, 0.15) is 0 Å². The third-order valence-electron chi connectivity index (χ3n) is 3.18. The van der Waals surface area contributed by atoms with E-state index < -0.39 is 9.84 Å². The molecule has 0 radical (unpaired) electrons. The van der Waals surface area contributed by atoms with Crippen molar-refractivity contribution >= 4 is 15.4 Å². The Morgan fingerprint density at radius 1 is 1.29 bits per heavy atom. The molecule has 0 saturated carbocycles. The zero-order chi connectivity index (χ0) is 15.9. The lowest BCUT2D eigenvalue weighted by Gasteiger charge is -2.13. The predicted molar refractivity (Wildman–Crippen MR) is 86.1 cm³/mol. The van der Waals surface area contributed by atoms with Gasteiger partial charge in [-0.1, -0.05) is 38.5 Å². The molecule has 0 saturated heterocycles. The van der Waals surface area contributed by atoms with Crippen molar-refractivity contribution in [3.8, 4) is 0 Å². The van der Waals surface area contributed by atoms with Gasteiger partial charge in [-0.25, -0.2) is 8.42 Å². The number of sulfone groups is 1. The number of benzene rings is 1. The van der Waals surface area contributed by atoms with Gasteiger partial charge in [-0.15, -0.1) is 0 Å². The highest BCUT2D eigenvalue weighted by Gasteiger charge is 2.09. The molecule has 0 heterocycles. The van der Waals surface area contributed by atoms with Crippen molar-refractivity contribution in [1.82, 2.24) is 5.06 Å². The lowest BCUT2D eigenvalue weighted by atomic mass is 10.0. The van der Waals surface area contributed by atoms with Gasteiger partial charge in [-0.3, -0.25) is 0 Å². The van der Waals surface area contributed by atoms with Gasteiger partial charge < -0.3 is 5.21 Å². The lowest BCUT2D eigenvalue weighted by molar-refractivity contribution is -0.0797. The van der Waals surface area contributed by atoms with Gasteiger partial charge in [0.25, 0.3) is 0 Å². The highest BCUT2D eigenvalue weighted by molar-refractivity contribution is 7.90. The van der Waals surface area contributed by atoms with Gasteiger partial charge in [-0.05, 0) is 36.1 Å². The molecule has 4 nitrogen and oxygen atoms in total. The highest BCUT2D eigenvalue weighted by Crippen LogP contribution is 2.22. The van der Waals surface area contributed by atoms with E-state index in [2.05, 4.69) is 6.92 Å². The number of nitrogens with zero attached hydrogens (tertiary/aromatic N) is 1. The van der Waals surface area contributed by atoms with Crippen LogP contribution in [0.15, 0.2) is 35.2 Å². The van der Waals surface area contributed by atoms with E-state index in [1.165, 1.54) is 11.3 Å². The molecule has 1 N–H and O–H groups in total. The van der Waals surface area contributed by atoms with E-state index in [0.717, 1.165) is 30.4 Å². The SMILES string of the molecule is CCC/C(=C\CN(O)CCC)c1cccc(S(C)(=O)=O)c1. The Morgan fingerprint density at radius 2 is 2.00 bits per heavy atom. The first-order valence-electron chi connectivity index (χ1n) is 7.31. The molecular weight excluding hydrogens is 286 g/mol. The van der Waals surface area contributed by atoms with Crippen LogP contribution in [0.25, 0.3) is 5.57 Å². The van der Waals surface area contributed by atoms with Crippen LogP contribution in [0, 0.1) is 0 Å². The fourth-order valence-electron chi connectivity index (χ4n) is 2.13. The first-order valence-corrected chi connectivity index (χ1v) is 9.21. The van der Waals surface area contributed by atoms with Crippen molar-refractivity contribution < 1.29 is 13.6 Å². The molecule has 0 aliphatic heterocycles. The summed E-state index contributed by atoms with van der Waals surface area (Å²) in [6, 6.07) is 6.99. The topological polar surface area (TPSA) is 57.6 Å². The van der Waals surface area contributed by atoms with Crippen LogP contribution in [-0.2, 0) is 9.84 Å². The monoisotopic (exact) mass is 311 g/mol. The van der Waals surface area contributed by atoms with Crippen LogP contribution in [0.5, 0.6) is 0 Å².